The van der Waals surface area contributed by atoms with E-state index >= 15 is 0 Å². The van der Waals surface area contributed by atoms with Crippen molar-refractivity contribution < 1.29 is 27.5 Å². The third-order valence-corrected chi connectivity index (χ3v) is 6.38. The van der Waals surface area contributed by atoms with E-state index in [4.69, 9.17) is 4.74 Å². The van der Waals surface area contributed by atoms with Gasteiger partial charge in [-0.15, -0.1) is 0 Å². The summed E-state index contributed by atoms with van der Waals surface area (Å²) in [6.45, 7) is 4.33. The topological polar surface area (TPSA) is 112 Å². The van der Waals surface area contributed by atoms with Crippen LogP contribution in [-0.2, 0) is 17.5 Å². The maximum atomic E-state index is 13.9. The Balaban J connectivity index is 1.45. The normalized spacial score (nSPS) is 16.5. The second kappa shape index (κ2) is 11.5. The van der Waals surface area contributed by atoms with Crippen LogP contribution in [0.4, 0.5) is 29.6 Å². The first-order chi connectivity index (χ1) is 18.2. The molecule has 0 aliphatic carbocycles. The maximum Gasteiger partial charge on any atom is 0.434 e. The Morgan fingerprint density at radius 3 is 2.71 bits per heavy atom. The number of nitrogens with one attached hydrogen (secondary N) is 2. The van der Waals surface area contributed by atoms with E-state index in [1.165, 1.54) is 0 Å². The van der Waals surface area contributed by atoms with Crippen molar-refractivity contribution in [3.8, 4) is 0 Å². The number of fused-ring (bicyclic) bond motifs is 1. The summed E-state index contributed by atoms with van der Waals surface area (Å²) in [7, 11) is 1.67. The number of halogens is 3. The quantitative estimate of drug-likeness (QED) is 0.502. The monoisotopic (exact) mass is 531 g/mol. The van der Waals surface area contributed by atoms with Crippen molar-refractivity contribution in [3.05, 3.63) is 59.2 Å². The highest BCUT2D eigenvalue weighted by Crippen LogP contribution is 2.34. The van der Waals surface area contributed by atoms with Crippen LogP contribution >= 0.6 is 0 Å². The lowest BCUT2D eigenvalue weighted by molar-refractivity contribution is -0.141. The number of hydrogen-bond acceptors (Lipinski definition) is 8. The summed E-state index contributed by atoms with van der Waals surface area (Å²) < 4.78 is 46.9. The molecule has 4 rings (SSSR count). The van der Waals surface area contributed by atoms with Crippen molar-refractivity contribution in [2.24, 2.45) is 4.99 Å². The predicted molar refractivity (Wildman–Crippen MR) is 135 cm³/mol. The van der Waals surface area contributed by atoms with E-state index in [0.717, 1.165) is 17.4 Å². The minimum Gasteiger partial charge on any atom is -0.444 e. The lowest BCUT2D eigenvalue weighted by atomic mass is 10.0. The Labute approximate surface area is 217 Å². The Kier molecular flexibility index (Phi) is 8.13. The van der Waals surface area contributed by atoms with Crippen molar-refractivity contribution in [2.45, 2.75) is 38.1 Å². The van der Waals surface area contributed by atoms with Gasteiger partial charge in [0.1, 0.15) is 6.61 Å². The average molecular weight is 532 g/mol. The van der Waals surface area contributed by atoms with E-state index < -0.39 is 29.4 Å². The molecule has 2 amide bonds. The molecule has 1 aromatic carbocycles. The van der Waals surface area contributed by atoms with Crippen LogP contribution in [0, 0.1) is 0 Å². The number of amides is 2. The number of para-hydroxylation sites is 1. The van der Waals surface area contributed by atoms with Crippen LogP contribution in [0.5, 0.6) is 0 Å². The van der Waals surface area contributed by atoms with Gasteiger partial charge in [0.25, 0.3) is 5.91 Å². The number of hydrogen-bond donors (Lipinski definition) is 2. The van der Waals surface area contributed by atoms with Crippen LogP contribution in [-0.4, -0.2) is 61.4 Å². The van der Waals surface area contributed by atoms with Crippen LogP contribution in [0.3, 0.4) is 0 Å². The van der Waals surface area contributed by atoms with Gasteiger partial charge in [-0.05, 0) is 25.6 Å². The van der Waals surface area contributed by atoms with Gasteiger partial charge in [-0.25, -0.2) is 14.8 Å². The second-order valence-corrected chi connectivity index (χ2v) is 8.79. The third kappa shape index (κ3) is 5.87. The summed E-state index contributed by atoms with van der Waals surface area (Å²) in [5.74, 6) is -1.05. The predicted octanol–water partition coefficient (Wildman–Crippen LogP) is 3.50. The Hall–Kier alpha value is -4.16. The van der Waals surface area contributed by atoms with Gasteiger partial charge < -0.3 is 20.3 Å². The van der Waals surface area contributed by atoms with Crippen LogP contribution in [0.15, 0.2) is 47.4 Å². The highest BCUT2D eigenvalue weighted by atomic mass is 19.4. The van der Waals surface area contributed by atoms with E-state index in [-0.39, 0.29) is 31.6 Å². The number of carbonyl (C=O) groups excluding carboxylic acids is 2. The molecule has 10 nitrogen and oxygen atoms in total. The Morgan fingerprint density at radius 1 is 1.29 bits per heavy atom. The minimum absolute atomic E-state index is 0.0555. The van der Waals surface area contributed by atoms with Gasteiger partial charge >= 0.3 is 12.3 Å². The number of benzene rings is 1. The van der Waals surface area contributed by atoms with Gasteiger partial charge in [-0.3, -0.25) is 14.7 Å². The molecule has 1 fully saturated rings. The van der Waals surface area contributed by atoms with E-state index in [0.29, 0.717) is 31.6 Å². The smallest absolute Gasteiger partial charge is 0.434 e. The second-order valence-electron chi connectivity index (χ2n) is 8.79. The summed E-state index contributed by atoms with van der Waals surface area (Å²) in [5, 5.41) is 5.23. The van der Waals surface area contributed by atoms with Crippen LogP contribution < -0.4 is 20.4 Å². The molecule has 1 aromatic heterocycles. The first-order valence-corrected chi connectivity index (χ1v) is 12.1. The Bertz CT molecular complexity index is 1230. The fraction of sp³-hybridized carbons (Fsp3) is 0.400. The van der Waals surface area contributed by atoms with Gasteiger partial charge in [0.15, 0.2) is 5.69 Å². The van der Waals surface area contributed by atoms with Gasteiger partial charge in [0, 0.05) is 57.1 Å². The zero-order chi connectivity index (χ0) is 27.3. The highest BCUT2D eigenvalue weighted by molar-refractivity contribution is 5.95. The largest absolute Gasteiger partial charge is 0.444 e. The number of cyclic esters (lactones) is 1. The van der Waals surface area contributed by atoms with Crippen molar-refractivity contribution in [2.75, 3.05) is 36.5 Å². The maximum absolute atomic E-state index is 13.9. The fourth-order valence-electron chi connectivity index (χ4n) is 4.52. The van der Waals surface area contributed by atoms with Gasteiger partial charge in [-0.2, -0.15) is 13.2 Å². The fourth-order valence-corrected chi connectivity index (χ4v) is 4.52. The first-order valence-electron chi connectivity index (χ1n) is 12.1. The number of nitrogens with zero attached hydrogens (tertiary/aromatic N) is 5. The van der Waals surface area contributed by atoms with Crippen LogP contribution in [0.1, 0.15) is 40.9 Å². The summed E-state index contributed by atoms with van der Waals surface area (Å²) in [6.07, 6.45) is -1.57. The molecule has 2 aliphatic rings. The van der Waals surface area contributed by atoms with E-state index in [1.807, 2.05) is 24.3 Å². The summed E-state index contributed by atoms with van der Waals surface area (Å²) in [6, 6.07) is 7.28. The molecule has 2 aromatic rings. The molecule has 3 heterocycles. The molecule has 202 valence electrons. The standard InChI is InChI=1S/C25H28F3N7O3/c1-29-13-17(30-2)7-10-31-22(36)19-14-32-23(33-21(19)25(26,27)28)34-11-8-18(9-12-34)35-20-6-4-3-5-16(20)15-38-24(35)37/h3-6,13-14,18,29H,2,7-12,15H2,1H3,(H,31,36)/b17-13-. The zero-order valence-electron chi connectivity index (χ0n) is 20.8. The lowest BCUT2D eigenvalue weighted by Gasteiger charge is -2.40. The molecule has 0 radical (unpaired) electrons. The van der Waals surface area contributed by atoms with Gasteiger partial charge in [0.05, 0.1) is 16.9 Å². The number of aliphatic imine (C=N–C) groups is 1. The molecule has 2 aliphatic heterocycles. The molecule has 13 heteroatoms. The number of anilines is 2. The lowest BCUT2D eigenvalue weighted by Crippen LogP contribution is -2.49. The molecular formula is C25H28F3N7O3. The molecule has 0 spiro atoms. The molecule has 38 heavy (non-hydrogen) atoms. The highest BCUT2D eigenvalue weighted by Gasteiger charge is 2.39. The van der Waals surface area contributed by atoms with Crippen LogP contribution in [0.25, 0.3) is 0 Å². The SMILES string of the molecule is C=N/C(=C\NC)CCNC(=O)c1cnc(N2CCC(N3C(=O)OCc4ccccc43)CC2)nc1C(F)(F)F. The van der Waals surface area contributed by atoms with Crippen molar-refractivity contribution >= 4 is 30.4 Å². The summed E-state index contributed by atoms with van der Waals surface area (Å²) in [5.41, 5.74) is 0.264. The van der Waals surface area contributed by atoms with Crippen LogP contribution in [0.2, 0.25) is 0 Å². The van der Waals surface area contributed by atoms with Gasteiger partial charge in [0.2, 0.25) is 5.95 Å². The minimum atomic E-state index is -4.86. The third-order valence-electron chi connectivity index (χ3n) is 6.38. The molecule has 0 atom stereocenters. The molecule has 0 bridgehead atoms. The zero-order valence-corrected chi connectivity index (χ0v) is 20.8. The first kappa shape index (κ1) is 26.9. The number of carbonyl (C=O) groups is 2. The molecular weight excluding hydrogens is 503 g/mol. The van der Waals surface area contributed by atoms with Crippen molar-refractivity contribution in [1.82, 2.24) is 20.6 Å². The number of ether oxygens (including phenoxy) is 1. The average Bonchev–Trinajstić information content (AvgIpc) is 2.91. The van der Waals surface area contributed by atoms with Crippen molar-refractivity contribution in [3.63, 3.8) is 0 Å². The molecule has 1 saturated heterocycles. The van der Waals surface area contributed by atoms with E-state index in [2.05, 4.69) is 32.3 Å². The van der Waals surface area contributed by atoms with E-state index in [9.17, 15) is 22.8 Å². The number of rotatable bonds is 8. The molecule has 0 unspecified atom stereocenters. The molecule has 2 N–H and O–H groups in total. The summed E-state index contributed by atoms with van der Waals surface area (Å²) >= 11 is 0. The Morgan fingerprint density at radius 2 is 2.03 bits per heavy atom. The van der Waals surface area contributed by atoms with Crippen molar-refractivity contribution in [1.29, 1.82) is 0 Å². The number of alkyl halides is 3. The summed E-state index contributed by atoms with van der Waals surface area (Å²) in [4.78, 5) is 39.9. The number of aromatic nitrogens is 2. The van der Waals surface area contributed by atoms with E-state index in [1.54, 1.807) is 23.0 Å². The molecule has 0 saturated carbocycles. The van der Waals surface area contributed by atoms with Gasteiger partial charge in [-0.1, -0.05) is 18.2 Å². The number of piperidine rings is 1.